The number of esters is 1. The summed E-state index contributed by atoms with van der Waals surface area (Å²) in [5, 5.41) is 0. The van der Waals surface area contributed by atoms with Crippen molar-refractivity contribution in [2.45, 2.75) is 70.9 Å². The number of hydrogen-bond acceptors (Lipinski definition) is 5. The van der Waals surface area contributed by atoms with Crippen molar-refractivity contribution in [3.8, 4) is 0 Å². The Bertz CT molecular complexity index is 546. The van der Waals surface area contributed by atoms with Crippen molar-refractivity contribution in [1.82, 2.24) is 9.80 Å². The predicted octanol–water partition coefficient (Wildman–Crippen LogP) is 4.08. The second kappa shape index (κ2) is 10.4. The summed E-state index contributed by atoms with van der Waals surface area (Å²) in [6.07, 6.45) is 9.89. The highest BCUT2D eigenvalue weighted by Crippen LogP contribution is 2.24. The fraction of sp³-hybridized carbons (Fsp3) is 0.762. The molecule has 2 aliphatic rings. The Morgan fingerprint density at radius 1 is 1.00 bits per heavy atom. The Kier molecular flexibility index (Phi) is 7.96. The Hall–Kier alpha value is -0.910. The third-order valence-corrected chi connectivity index (χ3v) is 6.67. The number of rotatable bonds is 7. The zero-order valence-electron chi connectivity index (χ0n) is 16.3. The molecule has 3 heterocycles. The Labute approximate surface area is 162 Å². The Morgan fingerprint density at radius 3 is 2.31 bits per heavy atom. The van der Waals surface area contributed by atoms with Crippen LogP contribution in [0.3, 0.4) is 0 Å². The van der Waals surface area contributed by atoms with E-state index in [1.54, 1.807) is 0 Å². The van der Waals surface area contributed by atoms with Crippen molar-refractivity contribution in [1.29, 1.82) is 0 Å². The molecule has 1 unspecified atom stereocenters. The molecule has 0 N–H and O–H groups in total. The molecule has 0 amide bonds. The summed E-state index contributed by atoms with van der Waals surface area (Å²) in [7, 11) is 0. The lowest BCUT2D eigenvalue weighted by Crippen LogP contribution is -2.46. The van der Waals surface area contributed by atoms with Gasteiger partial charge < -0.3 is 4.74 Å². The summed E-state index contributed by atoms with van der Waals surface area (Å²) in [4.78, 5) is 20.2. The van der Waals surface area contributed by atoms with E-state index in [1.165, 1.54) is 67.8 Å². The van der Waals surface area contributed by atoms with Crippen LogP contribution in [0.4, 0.5) is 0 Å². The number of carbonyl (C=O) groups excluding carboxylic acids is 1. The minimum Gasteiger partial charge on any atom is -0.465 e. The molecule has 0 aromatic carbocycles. The summed E-state index contributed by atoms with van der Waals surface area (Å²) in [5.74, 6) is -0.0446. The zero-order valence-corrected chi connectivity index (χ0v) is 17.1. The molecular formula is C21H34N2O2S. The van der Waals surface area contributed by atoms with Crippen LogP contribution >= 0.6 is 11.3 Å². The summed E-state index contributed by atoms with van der Waals surface area (Å²) >= 11 is 1.89. The monoisotopic (exact) mass is 378 g/mol. The molecule has 2 aliphatic heterocycles. The summed E-state index contributed by atoms with van der Waals surface area (Å²) in [6, 6.07) is 4.39. The number of piperidine rings is 1. The highest BCUT2D eigenvalue weighted by atomic mass is 32.1. The largest absolute Gasteiger partial charge is 0.465 e. The lowest BCUT2D eigenvalue weighted by Gasteiger charge is -2.32. The van der Waals surface area contributed by atoms with E-state index in [4.69, 9.17) is 4.74 Å². The van der Waals surface area contributed by atoms with Gasteiger partial charge in [0.05, 0.1) is 6.61 Å². The van der Waals surface area contributed by atoms with E-state index < -0.39 is 0 Å². The topological polar surface area (TPSA) is 32.8 Å². The van der Waals surface area contributed by atoms with E-state index in [-0.39, 0.29) is 12.0 Å². The first-order valence-corrected chi connectivity index (χ1v) is 11.3. The van der Waals surface area contributed by atoms with Crippen LogP contribution in [0.15, 0.2) is 12.1 Å². The first kappa shape index (κ1) is 19.8. The summed E-state index contributed by atoms with van der Waals surface area (Å²) in [5.41, 5.74) is 0. The van der Waals surface area contributed by atoms with E-state index in [0.29, 0.717) is 6.61 Å². The van der Waals surface area contributed by atoms with Crippen molar-refractivity contribution in [3.05, 3.63) is 21.9 Å². The SMILES string of the molecule is CCOC(=O)C(Cc1ccc(CN2CCCCCC2)s1)N1CCCCC1. The van der Waals surface area contributed by atoms with E-state index in [2.05, 4.69) is 21.9 Å². The smallest absolute Gasteiger partial charge is 0.323 e. The van der Waals surface area contributed by atoms with E-state index >= 15 is 0 Å². The van der Waals surface area contributed by atoms with Crippen molar-refractivity contribution in [2.75, 3.05) is 32.8 Å². The van der Waals surface area contributed by atoms with Gasteiger partial charge in [0.25, 0.3) is 0 Å². The van der Waals surface area contributed by atoms with Gasteiger partial charge in [0.15, 0.2) is 0 Å². The molecule has 3 rings (SSSR count). The molecule has 1 atom stereocenters. The first-order chi connectivity index (χ1) is 12.8. The molecule has 0 bridgehead atoms. The number of hydrogen-bond donors (Lipinski definition) is 0. The average molecular weight is 379 g/mol. The molecule has 2 saturated heterocycles. The number of thiophene rings is 1. The fourth-order valence-corrected chi connectivity index (χ4v) is 5.25. The van der Waals surface area contributed by atoms with Crippen molar-refractivity contribution in [3.63, 3.8) is 0 Å². The van der Waals surface area contributed by atoms with E-state index in [1.807, 2.05) is 18.3 Å². The molecule has 0 saturated carbocycles. The molecule has 1 aromatic heterocycles. The second-order valence-corrected chi connectivity index (χ2v) is 8.88. The summed E-state index contributed by atoms with van der Waals surface area (Å²) in [6.45, 7) is 7.94. The van der Waals surface area contributed by atoms with Gasteiger partial charge in [-0.05, 0) is 70.9 Å². The molecule has 146 valence electrons. The first-order valence-electron chi connectivity index (χ1n) is 10.5. The Morgan fingerprint density at radius 2 is 1.62 bits per heavy atom. The van der Waals surface area contributed by atoms with Crippen LogP contribution < -0.4 is 0 Å². The maximum atomic E-state index is 12.5. The van der Waals surface area contributed by atoms with Crippen LogP contribution in [-0.2, 0) is 22.5 Å². The van der Waals surface area contributed by atoms with Crippen LogP contribution in [0.25, 0.3) is 0 Å². The average Bonchev–Trinajstić information content (AvgIpc) is 2.93. The number of ether oxygens (including phenoxy) is 1. The van der Waals surface area contributed by atoms with Crippen LogP contribution in [-0.4, -0.2) is 54.6 Å². The fourth-order valence-electron chi connectivity index (χ4n) is 4.15. The molecule has 5 heteroatoms. The molecular weight excluding hydrogens is 344 g/mol. The van der Waals surface area contributed by atoms with Gasteiger partial charge in [-0.25, -0.2) is 0 Å². The molecule has 0 spiro atoms. The molecule has 1 aromatic rings. The maximum absolute atomic E-state index is 12.5. The van der Waals surface area contributed by atoms with Crippen LogP contribution in [0, 0.1) is 0 Å². The zero-order chi connectivity index (χ0) is 18.2. The molecule has 4 nitrogen and oxygen atoms in total. The minimum atomic E-state index is -0.111. The van der Waals surface area contributed by atoms with Gasteiger partial charge in [-0.2, -0.15) is 0 Å². The predicted molar refractivity (Wildman–Crippen MR) is 108 cm³/mol. The minimum absolute atomic E-state index is 0.0446. The molecule has 2 fully saturated rings. The highest BCUT2D eigenvalue weighted by molar-refractivity contribution is 7.12. The molecule has 0 aliphatic carbocycles. The normalized spacial score (nSPS) is 21.3. The van der Waals surface area contributed by atoms with Crippen LogP contribution in [0.5, 0.6) is 0 Å². The standard InChI is InChI=1S/C21H34N2O2S/c1-2-25-21(24)20(23-14-8-5-9-15-23)16-18-10-11-19(26-18)17-22-12-6-3-4-7-13-22/h10-11,20H,2-9,12-17H2,1H3. The van der Waals surface area contributed by atoms with E-state index in [9.17, 15) is 4.79 Å². The van der Waals surface area contributed by atoms with Gasteiger partial charge in [-0.1, -0.05) is 19.3 Å². The van der Waals surface area contributed by atoms with Gasteiger partial charge in [0, 0.05) is 22.7 Å². The molecule has 0 radical (unpaired) electrons. The van der Waals surface area contributed by atoms with Crippen molar-refractivity contribution in [2.24, 2.45) is 0 Å². The van der Waals surface area contributed by atoms with Crippen LogP contribution in [0.2, 0.25) is 0 Å². The lowest BCUT2D eigenvalue weighted by molar-refractivity contribution is -0.149. The number of nitrogens with zero attached hydrogens (tertiary/aromatic N) is 2. The molecule has 26 heavy (non-hydrogen) atoms. The van der Waals surface area contributed by atoms with Gasteiger partial charge >= 0.3 is 5.97 Å². The Balaban J connectivity index is 1.61. The van der Waals surface area contributed by atoms with Crippen molar-refractivity contribution < 1.29 is 9.53 Å². The number of carbonyl (C=O) groups is 1. The highest BCUT2D eigenvalue weighted by Gasteiger charge is 2.29. The quantitative estimate of drug-likeness (QED) is 0.669. The lowest BCUT2D eigenvalue weighted by atomic mass is 10.1. The van der Waals surface area contributed by atoms with Gasteiger partial charge in [-0.15, -0.1) is 11.3 Å². The third-order valence-electron chi connectivity index (χ3n) is 5.58. The second-order valence-electron chi connectivity index (χ2n) is 7.63. The number of likely N-dealkylation sites (tertiary alicyclic amines) is 2. The van der Waals surface area contributed by atoms with Crippen LogP contribution in [0.1, 0.15) is 61.6 Å². The van der Waals surface area contributed by atoms with Gasteiger partial charge in [-0.3, -0.25) is 14.6 Å². The summed E-state index contributed by atoms with van der Waals surface area (Å²) < 4.78 is 5.39. The van der Waals surface area contributed by atoms with Gasteiger partial charge in [0.1, 0.15) is 6.04 Å². The van der Waals surface area contributed by atoms with Crippen molar-refractivity contribution >= 4 is 17.3 Å². The third kappa shape index (κ3) is 5.80. The van der Waals surface area contributed by atoms with E-state index in [0.717, 1.165) is 26.1 Å². The van der Waals surface area contributed by atoms with Gasteiger partial charge in [0.2, 0.25) is 0 Å². The maximum Gasteiger partial charge on any atom is 0.323 e.